The van der Waals surface area contributed by atoms with Crippen molar-refractivity contribution in [3.63, 3.8) is 0 Å². The van der Waals surface area contributed by atoms with E-state index in [1.54, 1.807) is 30.3 Å². The molecule has 1 aromatic carbocycles. The molecule has 0 saturated heterocycles. The molecule has 1 aromatic rings. The van der Waals surface area contributed by atoms with Gasteiger partial charge in [-0.3, -0.25) is 0 Å². The zero-order valence-corrected chi connectivity index (χ0v) is 8.87. The second-order valence-electron chi connectivity index (χ2n) is 2.78. The van der Waals surface area contributed by atoms with Crippen molar-refractivity contribution in [1.29, 1.82) is 0 Å². The van der Waals surface area contributed by atoms with Crippen LogP contribution in [0.2, 0.25) is 0 Å². The molecule has 0 aliphatic rings. The number of halogens is 1. The molecule has 0 bridgehead atoms. The number of hydrogen-bond acceptors (Lipinski definition) is 2. The van der Waals surface area contributed by atoms with Crippen LogP contribution in [0.1, 0.15) is 0 Å². The van der Waals surface area contributed by atoms with Crippen LogP contribution in [0, 0.1) is 6.57 Å². The van der Waals surface area contributed by atoms with Gasteiger partial charge < -0.3 is 10.5 Å². The zero-order chi connectivity index (χ0) is 11.1. The van der Waals surface area contributed by atoms with Crippen LogP contribution in [0.25, 0.3) is 4.85 Å². The Morgan fingerprint density at radius 3 is 2.67 bits per heavy atom. The van der Waals surface area contributed by atoms with Crippen LogP contribution < -0.4 is 10.5 Å². The Labute approximate surface area is 93.9 Å². The molecule has 0 fully saturated rings. The summed E-state index contributed by atoms with van der Waals surface area (Å²) >= 11 is 5.80. The van der Waals surface area contributed by atoms with Crippen molar-refractivity contribution in [1.82, 2.24) is 0 Å². The number of benzene rings is 1. The van der Waals surface area contributed by atoms with Gasteiger partial charge in [0, 0.05) is 6.54 Å². The van der Waals surface area contributed by atoms with Gasteiger partial charge in [-0.2, -0.15) is 0 Å². The van der Waals surface area contributed by atoms with Crippen molar-refractivity contribution in [3.8, 4) is 5.75 Å². The van der Waals surface area contributed by atoms with E-state index in [4.69, 9.17) is 28.6 Å². The van der Waals surface area contributed by atoms with Crippen LogP contribution in [0.4, 0.5) is 5.69 Å². The van der Waals surface area contributed by atoms with Gasteiger partial charge in [0.1, 0.15) is 12.4 Å². The lowest BCUT2D eigenvalue weighted by atomic mass is 10.3. The quantitative estimate of drug-likeness (QED) is 0.796. The monoisotopic (exact) mass is 222 g/mol. The smallest absolute Gasteiger partial charge is 0.187 e. The summed E-state index contributed by atoms with van der Waals surface area (Å²) in [5.74, 6) is 0.686. The highest BCUT2D eigenvalue weighted by atomic mass is 35.5. The van der Waals surface area contributed by atoms with Gasteiger partial charge in [0.05, 0.1) is 11.6 Å². The third-order valence-corrected chi connectivity index (χ3v) is 1.95. The number of ether oxygens (including phenoxy) is 1. The molecule has 0 atom stereocenters. The van der Waals surface area contributed by atoms with E-state index in [1.807, 2.05) is 0 Å². The molecule has 78 valence electrons. The van der Waals surface area contributed by atoms with Crippen LogP contribution >= 0.6 is 11.6 Å². The van der Waals surface area contributed by atoms with Crippen LogP contribution in [0.15, 0.2) is 35.4 Å². The number of rotatable bonds is 4. The van der Waals surface area contributed by atoms with Crippen LogP contribution in [0.5, 0.6) is 5.75 Å². The van der Waals surface area contributed by atoms with E-state index in [0.717, 1.165) is 0 Å². The van der Waals surface area contributed by atoms with Gasteiger partial charge in [-0.25, -0.2) is 4.85 Å². The molecule has 0 radical (unpaired) electrons. The van der Waals surface area contributed by atoms with Crippen LogP contribution in [0.3, 0.4) is 0 Å². The third kappa shape index (κ3) is 4.03. The average Bonchev–Trinajstić information content (AvgIpc) is 2.27. The first-order valence-electron chi connectivity index (χ1n) is 4.41. The van der Waals surface area contributed by atoms with Gasteiger partial charge in [-0.05, 0) is 12.1 Å². The lowest BCUT2D eigenvalue weighted by Gasteiger charge is -2.04. The molecule has 0 saturated carbocycles. The molecule has 0 unspecified atom stereocenters. The molecule has 0 spiro atoms. The standard InChI is InChI=1S/C11H11ClN2O/c1-14-10-2-4-11(5-3-10)15-8-9(12)6-7-13/h2-6H,7-8,13H2. The van der Waals surface area contributed by atoms with Gasteiger partial charge in [0.15, 0.2) is 5.69 Å². The van der Waals surface area contributed by atoms with Crippen molar-refractivity contribution >= 4 is 17.3 Å². The van der Waals surface area contributed by atoms with E-state index >= 15 is 0 Å². The highest BCUT2D eigenvalue weighted by Crippen LogP contribution is 2.18. The topological polar surface area (TPSA) is 39.6 Å². The lowest BCUT2D eigenvalue weighted by molar-refractivity contribution is 0.359. The summed E-state index contributed by atoms with van der Waals surface area (Å²) in [4.78, 5) is 3.28. The van der Waals surface area contributed by atoms with Crippen molar-refractivity contribution in [3.05, 3.63) is 46.8 Å². The number of nitrogens with two attached hydrogens (primary N) is 1. The Kier molecular flexibility index (Phi) is 4.69. The fraction of sp³-hybridized carbons (Fsp3) is 0.182. The molecule has 4 heteroatoms. The van der Waals surface area contributed by atoms with Gasteiger partial charge in [-0.1, -0.05) is 29.8 Å². The Hall–Kier alpha value is -1.50. The molecule has 2 N–H and O–H groups in total. The van der Waals surface area contributed by atoms with Crippen molar-refractivity contribution in [2.75, 3.05) is 13.2 Å². The summed E-state index contributed by atoms with van der Waals surface area (Å²) in [5, 5.41) is 0.576. The maximum atomic E-state index is 6.78. The number of nitrogens with zero attached hydrogens (tertiary/aromatic N) is 1. The summed E-state index contributed by atoms with van der Waals surface area (Å²) in [7, 11) is 0. The van der Waals surface area contributed by atoms with Gasteiger partial charge >= 0.3 is 0 Å². The normalized spacial score (nSPS) is 10.9. The van der Waals surface area contributed by atoms with Crippen LogP contribution in [-0.2, 0) is 0 Å². The van der Waals surface area contributed by atoms with E-state index in [-0.39, 0.29) is 0 Å². The summed E-state index contributed by atoms with van der Waals surface area (Å²) in [6, 6.07) is 6.87. The van der Waals surface area contributed by atoms with Gasteiger partial charge in [0.2, 0.25) is 0 Å². The van der Waals surface area contributed by atoms with Crippen LogP contribution in [-0.4, -0.2) is 13.2 Å². The van der Waals surface area contributed by atoms with E-state index < -0.39 is 0 Å². The van der Waals surface area contributed by atoms with E-state index in [1.165, 1.54) is 0 Å². The maximum absolute atomic E-state index is 6.78. The first-order valence-corrected chi connectivity index (χ1v) is 4.79. The average molecular weight is 223 g/mol. The number of hydrogen-bond donors (Lipinski definition) is 1. The lowest BCUT2D eigenvalue weighted by Crippen LogP contribution is -2.00. The Morgan fingerprint density at radius 1 is 1.47 bits per heavy atom. The fourth-order valence-electron chi connectivity index (χ4n) is 0.956. The fourth-order valence-corrected chi connectivity index (χ4v) is 1.10. The SMILES string of the molecule is [C-]#[N+]c1ccc(OCC(Cl)=CCN)cc1. The molecule has 0 amide bonds. The first kappa shape index (κ1) is 11.6. The highest BCUT2D eigenvalue weighted by Gasteiger charge is 1.96. The second kappa shape index (κ2) is 6.07. The largest absolute Gasteiger partial charge is 0.488 e. The first-order chi connectivity index (χ1) is 7.26. The van der Waals surface area contributed by atoms with Crippen molar-refractivity contribution < 1.29 is 4.74 Å². The van der Waals surface area contributed by atoms with E-state index in [9.17, 15) is 0 Å². The molecular weight excluding hydrogens is 212 g/mol. The molecular formula is C11H11ClN2O. The minimum atomic E-state index is 0.302. The Balaban J connectivity index is 2.52. The maximum Gasteiger partial charge on any atom is 0.187 e. The Morgan fingerprint density at radius 2 is 2.13 bits per heavy atom. The van der Waals surface area contributed by atoms with E-state index in [0.29, 0.717) is 29.6 Å². The zero-order valence-electron chi connectivity index (χ0n) is 8.11. The summed E-state index contributed by atoms with van der Waals surface area (Å²) < 4.78 is 5.36. The van der Waals surface area contributed by atoms with Gasteiger partial charge in [0.25, 0.3) is 0 Å². The molecule has 15 heavy (non-hydrogen) atoms. The summed E-state index contributed by atoms with van der Waals surface area (Å²) in [5.41, 5.74) is 5.88. The molecule has 0 heterocycles. The predicted octanol–water partition coefficient (Wildman–Crippen LogP) is 2.70. The van der Waals surface area contributed by atoms with Crippen molar-refractivity contribution in [2.24, 2.45) is 5.73 Å². The second-order valence-corrected chi connectivity index (χ2v) is 3.27. The molecule has 0 aliphatic heterocycles. The molecule has 0 aliphatic carbocycles. The van der Waals surface area contributed by atoms with E-state index in [2.05, 4.69) is 4.85 Å². The highest BCUT2D eigenvalue weighted by molar-refractivity contribution is 6.29. The summed E-state index contributed by atoms with van der Waals surface area (Å²) in [6.07, 6.45) is 1.69. The Bertz CT molecular complexity index is 379. The summed E-state index contributed by atoms with van der Waals surface area (Å²) in [6.45, 7) is 7.48. The van der Waals surface area contributed by atoms with Crippen molar-refractivity contribution in [2.45, 2.75) is 0 Å². The minimum Gasteiger partial charge on any atom is -0.488 e. The molecule has 0 aromatic heterocycles. The van der Waals surface area contributed by atoms with Gasteiger partial charge in [-0.15, -0.1) is 0 Å². The third-order valence-electron chi connectivity index (χ3n) is 1.68. The minimum absolute atomic E-state index is 0.302. The molecule has 1 rings (SSSR count). The predicted molar refractivity (Wildman–Crippen MR) is 61.2 cm³/mol. The molecule has 3 nitrogen and oxygen atoms in total.